The first-order chi connectivity index (χ1) is 6.70. The van der Waals surface area contributed by atoms with Gasteiger partial charge in [0, 0.05) is 23.5 Å². The highest BCUT2D eigenvalue weighted by molar-refractivity contribution is 5.77. The number of hydrogen-bond donors (Lipinski definition) is 1. The van der Waals surface area contributed by atoms with Gasteiger partial charge in [-0.05, 0) is 19.9 Å². The molecule has 2 heterocycles. The molecule has 0 atom stereocenters. The van der Waals surface area contributed by atoms with E-state index in [-0.39, 0.29) is 0 Å². The van der Waals surface area contributed by atoms with Gasteiger partial charge < -0.3 is 10.2 Å². The van der Waals surface area contributed by atoms with E-state index in [9.17, 15) is 0 Å². The highest BCUT2D eigenvalue weighted by Gasteiger charge is 2.03. The van der Waals surface area contributed by atoms with Crippen LogP contribution in [0.1, 0.15) is 18.2 Å². The van der Waals surface area contributed by atoms with Crippen molar-refractivity contribution in [2.45, 2.75) is 13.8 Å². The summed E-state index contributed by atoms with van der Waals surface area (Å²) in [6.45, 7) is 3.80. The van der Waals surface area contributed by atoms with Crippen molar-refractivity contribution in [3.8, 4) is 0 Å². The van der Waals surface area contributed by atoms with Crippen molar-refractivity contribution in [2.75, 3.05) is 0 Å². The number of furan rings is 1. The van der Waals surface area contributed by atoms with Gasteiger partial charge in [-0.25, -0.2) is 0 Å². The zero-order chi connectivity index (χ0) is 10.1. The molecular formula is C11H12N2O. The molecule has 0 saturated carbocycles. The summed E-state index contributed by atoms with van der Waals surface area (Å²) in [5.74, 6) is 0.865. The van der Waals surface area contributed by atoms with E-state index >= 15 is 0 Å². The lowest BCUT2D eigenvalue weighted by Crippen LogP contribution is -1.95. The molecule has 3 heteroatoms. The minimum atomic E-state index is 0.716. The maximum Gasteiger partial charge on any atom is 0.153 e. The standard InChI is InChI=1S/C11H12N2O/c1-3-9(12)8-5-11-10(13-6-8)4-7(2)14-11/h3-6H,12H2,1-2H3/b9-3+. The van der Waals surface area contributed by atoms with Gasteiger partial charge in [-0.15, -0.1) is 0 Å². The maximum absolute atomic E-state index is 5.77. The molecule has 0 aliphatic heterocycles. The van der Waals surface area contributed by atoms with E-state index in [4.69, 9.17) is 10.2 Å². The van der Waals surface area contributed by atoms with Crippen LogP contribution in [0, 0.1) is 6.92 Å². The minimum Gasteiger partial charge on any atom is -0.460 e. The molecule has 0 aromatic carbocycles. The van der Waals surface area contributed by atoms with E-state index in [1.165, 1.54) is 0 Å². The van der Waals surface area contributed by atoms with Crippen molar-refractivity contribution >= 4 is 16.8 Å². The number of nitrogens with two attached hydrogens (primary N) is 1. The Bertz CT molecular complexity index is 497. The Morgan fingerprint density at radius 1 is 1.50 bits per heavy atom. The number of hydrogen-bond acceptors (Lipinski definition) is 3. The van der Waals surface area contributed by atoms with Crippen LogP contribution in [-0.2, 0) is 0 Å². The Morgan fingerprint density at radius 3 is 3.00 bits per heavy atom. The van der Waals surface area contributed by atoms with Crippen molar-refractivity contribution in [3.63, 3.8) is 0 Å². The van der Waals surface area contributed by atoms with Crippen LogP contribution < -0.4 is 5.73 Å². The third kappa shape index (κ3) is 1.37. The van der Waals surface area contributed by atoms with Crippen LogP contribution in [0.4, 0.5) is 0 Å². The van der Waals surface area contributed by atoms with Crippen molar-refractivity contribution in [1.29, 1.82) is 0 Å². The number of rotatable bonds is 1. The molecule has 0 saturated heterocycles. The fourth-order valence-electron chi connectivity index (χ4n) is 1.37. The number of fused-ring (bicyclic) bond motifs is 1. The molecule has 0 spiro atoms. The van der Waals surface area contributed by atoms with Crippen LogP contribution in [0.25, 0.3) is 16.8 Å². The molecule has 0 unspecified atom stereocenters. The SMILES string of the molecule is C/C=C(/N)c1cnc2cc(C)oc2c1. The third-order valence-electron chi connectivity index (χ3n) is 2.14. The second-order valence-corrected chi connectivity index (χ2v) is 3.21. The summed E-state index contributed by atoms with van der Waals surface area (Å²) in [6, 6.07) is 3.82. The molecule has 0 amide bonds. The monoisotopic (exact) mass is 188 g/mol. The van der Waals surface area contributed by atoms with E-state index in [2.05, 4.69) is 4.98 Å². The van der Waals surface area contributed by atoms with Crippen LogP contribution in [0.3, 0.4) is 0 Å². The van der Waals surface area contributed by atoms with Gasteiger partial charge >= 0.3 is 0 Å². The molecule has 14 heavy (non-hydrogen) atoms. The maximum atomic E-state index is 5.77. The van der Waals surface area contributed by atoms with E-state index in [0.29, 0.717) is 5.70 Å². The van der Waals surface area contributed by atoms with Crippen LogP contribution >= 0.6 is 0 Å². The first-order valence-corrected chi connectivity index (χ1v) is 4.49. The second kappa shape index (κ2) is 3.18. The Balaban J connectivity index is 2.61. The molecule has 0 radical (unpaired) electrons. The predicted molar refractivity (Wildman–Crippen MR) is 56.6 cm³/mol. The quantitative estimate of drug-likeness (QED) is 0.747. The highest BCUT2D eigenvalue weighted by atomic mass is 16.3. The zero-order valence-corrected chi connectivity index (χ0v) is 8.24. The van der Waals surface area contributed by atoms with Crippen LogP contribution in [0.5, 0.6) is 0 Å². The first-order valence-electron chi connectivity index (χ1n) is 4.49. The van der Waals surface area contributed by atoms with Gasteiger partial charge in [0.1, 0.15) is 11.3 Å². The van der Waals surface area contributed by atoms with Gasteiger partial charge in [0.15, 0.2) is 5.58 Å². The predicted octanol–water partition coefficient (Wildman–Crippen LogP) is 2.46. The summed E-state index contributed by atoms with van der Waals surface area (Å²) in [5.41, 5.74) is 9.04. The molecule has 2 aromatic heterocycles. The lowest BCUT2D eigenvalue weighted by Gasteiger charge is -1.98. The largest absolute Gasteiger partial charge is 0.460 e. The van der Waals surface area contributed by atoms with Crippen molar-refractivity contribution in [3.05, 3.63) is 35.7 Å². The van der Waals surface area contributed by atoms with Crippen molar-refractivity contribution < 1.29 is 4.42 Å². The third-order valence-corrected chi connectivity index (χ3v) is 2.14. The molecule has 72 valence electrons. The Hall–Kier alpha value is -1.77. The molecule has 0 aliphatic carbocycles. The van der Waals surface area contributed by atoms with Gasteiger partial charge in [-0.1, -0.05) is 6.08 Å². The van der Waals surface area contributed by atoms with Gasteiger partial charge in [-0.3, -0.25) is 4.98 Å². The molecule has 0 bridgehead atoms. The number of aromatic nitrogens is 1. The fraction of sp³-hybridized carbons (Fsp3) is 0.182. The lowest BCUT2D eigenvalue weighted by molar-refractivity contribution is 0.578. The van der Waals surface area contributed by atoms with Crippen molar-refractivity contribution in [1.82, 2.24) is 4.98 Å². The number of aryl methyl sites for hydroxylation is 1. The van der Waals surface area contributed by atoms with E-state index < -0.39 is 0 Å². The number of nitrogens with zero attached hydrogens (tertiary/aromatic N) is 1. The summed E-state index contributed by atoms with van der Waals surface area (Å²) in [5, 5.41) is 0. The van der Waals surface area contributed by atoms with Crippen molar-refractivity contribution in [2.24, 2.45) is 5.73 Å². The number of pyridine rings is 1. The average molecular weight is 188 g/mol. The van der Waals surface area contributed by atoms with Gasteiger partial charge in [0.2, 0.25) is 0 Å². The smallest absolute Gasteiger partial charge is 0.153 e. The summed E-state index contributed by atoms with van der Waals surface area (Å²) in [4.78, 5) is 4.26. The van der Waals surface area contributed by atoms with Gasteiger partial charge in [-0.2, -0.15) is 0 Å². The summed E-state index contributed by atoms with van der Waals surface area (Å²) in [7, 11) is 0. The molecule has 2 aromatic rings. The number of allylic oxidation sites excluding steroid dienone is 1. The lowest BCUT2D eigenvalue weighted by atomic mass is 10.2. The Morgan fingerprint density at radius 2 is 2.29 bits per heavy atom. The Labute approximate surface area is 82.2 Å². The first kappa shape index (κ1) is 8.81. The highest BCUT2D eigenvalue weighted by Crippen LogP contribution is 2.19. The average Bonchev–Trinajstić information content (AvgIpc) is 2.55. The van der Waals surface area contributed by atoms with E-state index in [1.54, 1.807) is 6.20 Å². The van der Waals surface area contributed by atoms with Crippen LogP contribution in [-0.4, -0.2) is 4.98 Å². The van der Waals surface area contributed by atoms with Gasteiger partial charge in [0.25, 0.3) is 0 Å². The van der Waals surface area contributed by atoms with E-state index in [1.807, 2.05) is 32.1 Å². The normalized spacial score (nSPS) is 12.3. The zero-order valence-electron chi connectivity index (χ0n) is 8.24. The van der Waals surface area contributed by atoms with Gasteiger partial charge in [0.05, 0.1) is 0 Å². The molecule has 3 nitrogen and oxygen atoms in total. The summed E-state index contributed by atoms with van der Waals surface area (Å²) >= 11 is 0. The summed E-state index contributed by atoms with van der Waals surface area (Å²) < 4.78 is 5.46. The minimum absolute atomic E-state index is 0.716. The topological polar surface area (TPSA) is 52.0 Å². The summed E-state index contributed by atoms with van der Waals surface area (Å²) in [6.07, 6.45) is 3.60. The molecule has 2 rings (SSSR count). The second-order valence-electron chi connectivity index (χ2n) is 3.21. The molecular weight excluding hydrogens is 176 g/mol. The molecule has 2 N–H and O–H groups in total. The Kier molecular flexibility index (Phi) is 2.00. The molecule has 0 fully saturated rings. The fourth-order valence-corrected chi connectivity index (χ4v) is 1.37. The molecule has 0 aliphatic rings. The van der Waals surface area contributed by atoms with Crippen LogP contribution in [0.15, 0.2) is 28.8 Å². The van der Waals surface area contributed by atoms with Crippen LogP contribution in [0.2, 0.25) is 0 Å². The van der Waals surface area contributed by atoms with E-state index in [0.717, 1.165) is 22.4 Å².